The van der Waals surface area contributed by atoms with Gasteiger partial charge >= 0.3 is 0 Å². The average Bonchev–Trinajstić information content (AvgIpc) is 2.04. The van der Waals surface area contributed by atoms with Crippen LogP contribution < -0.4 is 0 Å². The molecular weight excluding hydrogens is 148 g/mol. The van der Waals surface area contributed by atoms with Gasteiger partial charge in [-0.25, -0.2) is 0 Å². The largest absolute Gasteiger partial charge is 0.375 e. The highest BCUT2D eigenvalue weighted by Crippen LogP contribution is 2.41. The molecule has 1 heteroatoms. The van der Waals surface area contributed by atoms with Crippen LogP contribution in [0.1, 0.15) is 39.0 Å². The third-order valence-corrected chi connectivity index (χ3v) is 3.19. The minimum Gasteiger partial charge on any atom is -0.375 e. The number of fused-ring (bicyclic) bond motifs is 2. The van der Waals surface area contributed by atoms with Crippen molar-refractivity contribution in [3.05, 3.63) is 12.2 Å². The van der Waals surface area contributed by atoms with Gasteiger partial charge in [-0.1, -0.05) is 12.2 Å². The van der Waals surface area contributed by atoms with E-state index in [0.717, 1.165) is 18.9 Å². The van der Waals surface area contributed by atoms with Crippen molar-refractivity contribution in [3.63, 3.8) is 0 Å². The molecule has 0 amide bonds. The lowest BCUT2D eigenvalue weighted by molar-refractivity contribution is -0.0748. The molecule has 0 saturated heterocycles. The summed E-state index contributed by atoms with van der Waals surface area (Å²) in [6.07, 6.45) is 11.1. The first-order valence-corrected chi connectivity index (χ1v) is 5.15. The quantitative estimate of drug-likeness (QED) is 0.573. The van der Waals surface area contributed by atoms with Crippen LogP contribution in [0, 0.1) is 5.92 Å². The van der Waals surface area contributed by atoms with Gasteiger partial charge in [0.2, 0.25) is 0 Å². The van der Waals surface area contributed by atoms with Gasteiger partial charge in [-0.3, -0.25) is 0 Å². The molecule has 2 bridgehead atoms. The Morgan fingerprint density at radius 3 is 3.33 bits per heavy atom. The van der Waals surface area contributed by atoms with E-state index in [9.17, 15) is 0 Å². The Balaban J connectivity index is 2.09. The number of hydrogen-bond acceptors (Lipinski definition) is 1. The Labute approximate surface area is 74.8 Å². The summed E-state index contributed by atoms with van der Waals surface area (Å²) in [7, 11) is 0. The van der Waals surface area contributed by atoms with E-state index in [1.54, 1.807) is 0 Å². The summed E-state index contributed by atoms with van der Waals surface area (Å²) in [4.78, 5) is 0. The molecule has 0 spiro atoms. The first-order valence-electron chi connectivity index (χ1n) is 5.15. The summed E-state index contributed by atoms with van der Waals surface area (Å²) in [5, 5.41) is 0. The zero-order valence-corrected chi connectivity index (χ0v) is 7.88. The molecule has 2 aliphatic carbocycles. The average molecular weight is 166 g/mol. The minimum atomic E-state index is 0.242. The molecule has 0 heterocycles. The molecule has 12 heavy (non-hydrogen) atoms. The summed E-state index contributed by atoms with van der Waals surface area (Å²) < 4.78 is 5.89. The van der Waals surface area contributed by atoms with E-state index in [-0.39, 0.29) is 5.60 Å². The van der Waals surface area contributed by atoms with Gasteiger partial charge in [0.15, 0.2) is 0 Å². The van der Waals surface area contributed by atoms with Crippen LogP contribution in [0.2, 0.25) is 0 Å². The number of allylic oxidation sites excluding steroid dienone is 1. The Morgan fingerprint density at radius 2 is 2.50 bits per heavy atom. The molecule has 0 aromatic heterocycles. The van der Waals surface area contributed by atoms with Crippen LogP contribution in [-0.2, 0) is 4.74 Å². The molecule has 0 aliphatic heterocycles. The third kappa shape index (κ3) is 1.42. The van der Waals surface area contributed by atoms with Crippen LogP contribution in [0.4, 0.5) is 0 Å². The SMILES string of the molecule is CCOC12CC=CC(CCC1)C2. The molecule has 0 aromatic carbocycles. The molecule has 1 fully saturated rings. The molecular formula is C11H18O. The number of rotatable bonds is 2. The predicted molar refractivity (Wildman–Crippen MR) is 50.1 cm³/mol. The Bertz CT molecular complexity index is 181. The van der Waals surface area contributed by atoms with Crippen LogP contribution in [0.25, 0.3) is 0 Å². The lowest BCUT2D eigenvalue weighted by atomic mass is 9.73. The molecule has 2 unspecified atom stereocenters. The number of hydrogen-bond donors (Lipinski definition) is 0. The van der Waals surface area contributed by atoms with Gasteiger partial charge < -0.3 is 4.74 Å². The molecule has 1 nitrogen and oxygen atoms in total. The van der Waals surface area contributed by atoms with Gasteiger partial charge in [0, 0.05) is 6.61 Å². The van der Waals surface area contributed by atoms with Crippen molar-refractivity contribution in [1.29, 1.82) is 0 Å². The highest BCUT2D eigenvalue weighted by molar-refractivity contribution is 5.06. The summed E-state index contributed by atoms with van der Waals surface area (Å²) in [5.41, 5.74) is 0.242. The van der Waals surface area contributed by atoms with Gasteiger partial charge in [0.05, 0.1) is 5.60 Å². The van der Waals surface area contributed by atoms with Crippen molar-refractivity contribution in [2.75, 3.05) is 6.61 Å². The standard InChI is InChI=1S/C11H18O/c1-2-12-11-7-3-5-10(9-11)6-4-8-11/h3,5,10H,2,4,6-9H2,1H3. The highest BCUT2D eigenvalue weighted by Gasteiger charge is 2.37. The van der Waals surface area contributed by atoms with Crippen molar-refractivity contribution in [2.45, 2.75) is 44.6 Å². The fraction of sp³-hybridized carbons (Fsp3) is 0.818. The monoisotopic (exact) mass is 166 g/mol. The second-order valence-electron chi connectivity index (χ2n) is 4.10. The normalized spacial score (nSPS) is 39.9. The lowest BCUT2D eigenvalue weighted by Gasteiger charge is -2.42. The molecule has 0 aromatic rings. The Morgan fingerprint density at radius 1 is 1.58 bits per heavy atom. The van der Waals surface area contributed by atoms with E-state index in [0.29, 0.717) is 0 Å². The van der Waals surface area contributed by atoms with Crippen LogP contribution >= 0.6 is 0 Å². The van der Waals surface area contributed by atoms with Crippen molar-refractivity contribution in [1.82, 2.24) is 0 Å². The van der Waals surface area contributed by atoms with Crippen LogP contribution in [-0.4, -0.2) is 12.2 Å². The summed E-state index contributed by atoms with van der Waals surface area (Å²) >= 11 is 0. The van der Waals surface area contributed by atoms with Gasteiger partial charge in [-0.05, 0) is 44.9 Å². The van der Waals surface area contributed by atoms with Crippen molar-refractivity contribution in [3.8, 4) is 0 Å². The molecule has 2 atom stereocenters. The molecule has 0 radical (unpaired) electrons. The lowest BCUT2D eigenvalue weighted by Crippen LogP contribution is -2.39. The zero-order chi connectivity index (χ0) is 8.44. The second kappa shape index (κ2) is 3.21. The van der Waals surface area contributed by atoms with Gasteiger partial charge in [0.1, 0.15) is 0 Å². The topological polar surface area (TPSA) is 9.23 Å². The van der Waals surface area contributed by atoms with Gasteiger partial charge in [-0.15, -0.1) is 0 Å². The van der Waals surface area contributed by atoms with Crippen molar-refractivity contribution in [2.24, 2.45) is 5.92 Å². The van der Waals surface area contributed by atoms with E-state index >= 15 is 0 Å². The fourth-order valence-corrected chi connectivity index (χ4v) is 2.69. The highest BCUT2D eigenvalue weighted by atomic mass is 16.5. The van der Waals surface area contributed by atoms with E-state index in [1.165, 1.54) is 25.7 Å². The van der Waals surface area contributed by atoms with Gasteiger partial charge in [-0.2, -0.15) is 0 Å². The molecule has 1 saturated carbocycles. The van der Waals surface area contributed by atoms with E-state index < -0.39 is 0 Å². The zero-order valence-electron chi connectivity index (χ0n) is 7.88. The van der Waals surface area contributed by atoms with Crippen LogP contribution in [0.15, 0.2) is 12.2 Å². The Hall–Kier alpha value is -0.300. The summed E-state index contributed by atoms with van der Waals surface area (Å²) in [5.74, 6) is 0.819. The minimum absolute atomic E-state index is 0.242. The van der Waals surface area contributed by atoms with Gasteiger partial charge in [0.25, 0.3) is 0 Å². The fourth-order valence-electron chi connectivity index (χ4n) is 2.69. The maximum absolute atomic E-state index is 5.89. The van der Waals surface area contributed by atoms with E-state index in [4.69, 9.17) is 4.74 Å². The van der Waals surface area contributed by atoms with Crippen molar-refractivity contribution < 1.29 is 4.74 Å². The maximum atomic E-state index is 5.89. The van der Waals surface area contributed by atoms with Crippen molar-refractivity contribution >= 4 is 0 Å². The van der Waals surface area contributed by atoms with E-state index in [2.05, 4.69) is 19.1 Å². The molecule has 68 valence electrons. The molecule has 2 aliphatic rings. The number of ether oxygens (including phenoxy) is 1. The van der Waals surface area contributed by atoms with Crippen LogP contribution in [0.5, 0.6) is 0 Å². The summed E-state index contributed by atoms with van der Waals surface area (Å²) in [6.45, 7) is 2.98. The van der Waals surface area contributed by atoms with E-state index in [1.807, 2.05) is 0 Å². The Kier molecular flexibility index (Phi) is 2.22. The molecule has 0 N–H and O–H groups in total. The van der Waals surface area contributed by atoms with Crippen LogP contribution in [0.3, 0.4) is 0 Å². The maximum Gasteiger partial charge on any atom is 0.0722 e. The molecule has 2 rings (SSSR count). The summed E-state index contributed by atoms with van der Waals surface area (Å²) in [6, 6.07) is 0. The third-order valence-electron chi connectivity index (χ3n) is 3.19. The first kappa shape index (κ1) is 8.31. The predicted octanol–water partition coefficient (Wildman–Crippen LogP) is 2.91. The first-order chi connectivity index (χ1) is 5.85. The smallest absolute Gasteiger partial charge is 0.0722 e. The second-order valence-corrected chi connectivity index (χ2v) is 4.10.